The van der Waals surface area contributed by atoms with Crippen LogP contribution >= 0.6 is 0 Å². The lowest BCUT2D eigenvalue weighted by Crippen LogP contribution is -2.49. The zero-order valence-corrected chi connectivity index (χ0v) is 12.2. The molecular weight excluding hydrogens is 286 g/mol. The summed E-state index contributed by atoms with van der Waals surface area (Å²) >= 11 is 0. The van der Waals surface area contributed by atoms with Gasteiger partial charge < -0.3 is 19.9 Å². The summed E-state index contributed by atoms with van der Waals surface area (Å²) in [6, 6.07) is 9.33. The Morgan fingerprint density at radius 2 is 2.09 bits per heavy atom. The number of aliphatic carboxylic acids is 1. The summed E-state index contributed by atoms with van der Waals surface area (Å²) in [6.07, 6.45) is 1.17. The van der Waals surface area contributed by atoms with Crippen LogP contribution in [0.15, 0.2) is 30.3 Å². The van der Waals surface area contributed by atoms with Gasteiger partial charge in [-0.15, -0.1) is 0 Å². The van der Waals surface area contributed by atoms with Gasteiger partial charge in [-0.05, 0) is 24.8 Å². The number of amides is 1. The summed E-state index contributed by atoms with van der Waals surface area (Å²) in [6.45, 7) is 0.201. The topological polar surface area (TPSA) is 84.9 Å². The van der Waals surface area contributed by atoms with E-state index in [2.05, 4.69) is 5.32 Å². The highest BCUT2D eigenvalue weighted by Gasteiger charge is 2.57. The lowest BCUT2D eigenvalue weighted by atomic mass is 9.74. The van der Waals surface area contributed by atoms with Gasteiger partial charge >= 0.3 is 12.1 Å². The highest BCUT2D eigenvalue weighted by Crippen LogP contribution is 2.47. The highest BCUT2D eigenvalue weighted by atomic mass is 16.5. The van der Waals surface area contributed by atoms with E-state index < -0.39 is 17.5 Å². The molecule has 1 aromatic carbocycles. The number of nitrogens with one attached hydrogen (secondary N) is 1. The van der Waals surface area contributed by atoms with Crippen molar-refractivity contribution in [1.29, 1.82) is 0 Å². The first-order valence-corrected chi connectivity index (χ1v) is 7.43. The smallest absolute Gasteiger partial charge is 0.407 e. The second kappa shape index (κ2) is 5.96. The highest BCUT2D eigenvalue weighted by molar-refractivity contribution is 5.78. The Morgan fingerprint density at radius 3 is 2.68 bits per heavy atom. The van der Waals surface area contributed by atoms with Crippen molar-refractivity contribution in [3.63, 3.8) is 0 Å². The number of hydrogen-bond acceptors (Lipinski definition) is 4. The third kappa shape index (κ3) is 2.78. The van der Waals surface area contributed by atoms with E-state index in [1.54, 1.807) is 0 Å². The first kappa shape index (κ1) is 14.8. The molecule has 6 nitrogen and oxygen atoms in total. The summed E-state index contributed by atoms with van der Waals surface area (Å²) in [4.78, 5) is 23.4. The molecule has 2 fully saturated rings. The lowest BCUT2D eigenvalue weighted by molar-refractivity contribution is -0.151. The fraction of sp³-hybridized carbons (Fsp3) is 0.500. The van der Waals surface area contributed by atoms with E-state index in [-0.39, 0.29) is 25.4 Å². The molecule has 1 amide bonds. The molecule has 1 aromatic rings. The maximum atomic E-state index is 11.8. The second-order valence-corrected chi connectivity index (χ2v) is 5.90. The SMILES string of the molecule is O=C(NC[C@@]1(C(=O)O)C[C@@H]2CC[C@H]1O2)OCc1ccccc1. The van der Waals surface area contributed by atoms with Gasteiger partial charge in [0.2, 0.25) is 0 Å². The number of benzene rings is 1. The van der Waals surface area contributed by atoms with Crippen LogP contribution in [0.25, 0.3) is 0 Å². The molecule has 2 heterocycles. The summed E-state index contributed by atoms with van der Waals surface area (Å²) < 4.78 is 10.7. The predicted octanol–water partition coefficient (Wildman–Crippen LogP) is 1.94. The number of carboxylic acids is 1. The molecule has 0 aliphatic carbocycles. The number of fused-ring (bicyclic) bond motifs is 2. The number of carbonyl (C=O) groups is 2. The fourth-order valence-corrected chi connectivity index (χ4v) is 3.29. The Labute approximate surface area is 128 Å². The van der Waals surface area contributed by atoms with Gasteiger partial charge in [0.15, 0.2) is 0 Å². The Morgan fingerprint density at radius 1 is 1.32 bits per heavy atom. The molecule has 22 heavy (non-hydrogen) atoms. The third-order valence-electron chi connectivity index (χ3n) is 4.50. The van der Waals surface area contributed by atoms with E-state index in [0.29, 0.717) is 6.42 Å². The van der Waals surface area contributed by atoms with Gasteiger partial charge in [-0.25, -0.2) is 4.79 Å². The molecule has 0 radical (unpaired) electrons. The molecule has 6 heteroatoms. The summed E-state index contributed by atoms with van der Waals surface area (Å²) in [7, 11) is 0. The minimum absolute atomic E-state index is 0.00300. The van der Waals surface area contributed by atoms with Gasteiger partial charge in [0.1, 0.15) is 12.0 Å². The standard InChI is InChI=1S/C16H19NO5/c18-14(19)16(8-12-6-7-13(16)22-12)10-17-15(20)21-9-11-4-2-1-3-5-11/h1-5,12-13H,6-10H2,(H,17,20)(H,18,19)/t12-,13+,16-/m0/s1. The van der Waals surface area contributed by atoms with Gasteiger partial charge in [0.05, 0.1) is 12.2 Å². The molecule has 3 rings (SSSR count). The zero-order chi connectivity index (χ0) is 15.6. The number of alkyl carbamates (subject to hydrolysis) is 1. The molecule has 0 saturated carbocycles. The largest absolute Gasteiger partial charge is 0.481 e. The molecule has 2 aliphatic rings. The zero-order valence-electron chi connectivity index (χ0n) is 12.2. The Balaban J connectivity index is 1.52. The molecule has 118 valence electrons. The van der Waals surface area contributed by atoms with E-state index in [4.69, 9.17) is 9.47 Å². The average molecular weight is 305 g/mol. The summed E-state index contributed by atoms with van der Waals surface area (Å²) in [5, 5.41) is 12.1. The monoisotopic (exact) mass is 305 g/mol. The number of ether oxygens (including phenoxy) is 2. The van der Waals surface area contributed by atoms with Crippen LogP contribution in [0.4, 0.5) is 4.79 Å². The first-order chi connectivity index (χ1) is 10.6. The molecule has 2 aliphatic heterocycles. The predicted molar refractivity (Wildman–Crippen MR) is 77.2 cm³/mol. The second-order valence-electron chi connectivity index (χ2n) is 5.90. The molecule has 2 saturated heterocycles. The molecule has 3 atom stereocenters. The van der Waals surface area contributed by atoms with Gasteiger partial charge in [-0.1, -0.05) is 30.3 Å². The van der Waals surface area contributed by atoms with E-state index in [1.165, 1.54) is 0 Å². The van der Waals surface area contributed by atoms with Gasteiger partial charge in [0.25, 0.3) is 0 Å². The Bertz CT molecular complexity index is 561. The first-order valence-electron chi connectivity index (χ1n) is 7.43. The molecule has 0 aromatic heterocycles. The summed E-state index contributed by atoms with van der Waals surface area (Å²) in [5.41, 5.74) is -0.136. The maximum Gasteiger partial charge on any atom is 0.407 e. The van der Waals surface area contributed by atoms with Crippen LogP contribution in [-0.4, -0.2) is 35.9 Å². The normalized spacial score (nSPS) is 29.3. The van der Waals surface area contributed by atoms with Gasteiger partial charge in [-0.2, -0.15) is 0 Å². The van der Waals surface area contributed by atoms with Crippen molar-refractivity contribution in [2.45, 2.75) is 38.1 Å². The Kier molecular flexibility index (Phi) is 4.02. The minimum Gasteiger partial charge on any atom is -0.481 e. The third-order valence-corrected chi connectivity index (χ3v) is 4.50. The van der Waals surface area contributed by atoms with Crippen molar-refractivity contribution >= 4 is 12.1 Å². The van der Waals surface area contributed by atoms with E-state index >= 15 is 0 Å². The fourth-order valence-electron chi connectivity index (χ4n) is 3.29. The van der Waals surface area contributed by atoms with Crippen LogP contribution in [-0.2, 0) is 20.9 Å². The van der Waals surface area contributed by atoms with Crippen molar-refractivity contribution < 1.29 is 24.2 Å². The molecule has 0 spiro atoms. The van der Waals surface area contributed by atoms with Crippen LogP contribution in [0.1, 0.15) is 24.8 Å². The number of carbonyl (C=O) groups excluding carboxylic acids is 1. The van der Waals surface area contributed by atoms with E-state index in [9.17, 15) is 14.7 Å². The van der Waals surface area contributed by atoms with Crippen LogP contribution < -0.4 is 5.32 Å². The van der Waals surface area contributed by atoms with E-state index in [0.717, 1.165) is 18.4 Å². The lowest BCUT2D eigenvalue weighted by Gasteiger charge is -2.30. The number of carboxylic acid groups (broad SMARTS) is 1. The minimum atomic E-state index is -1.02. The van der Waals surface area contributed by atoms with Crippen molar-refractivity contribution in [1.82, 2.24) is 5.32 Å². The Hall–Kier alpha value is -2.08. The van der Waals surface area contributed by atoms with Crippen LogP contribution in [0, 0.1) is 5.41 Å². The molecule has 0 unspecified atom stereocenters. The maximum absolute atomic E-state index is 11.8. The number of hydrogen-bond donors (Lipinski definition) is 2. The van der Waals surface area contributed by atoms with Gasteiger partial charge in [0, 0.05) is 6.54 Å². The molecule has 2 N–H and O–H groups in total. The molecule has 2 bridgehead atoms. The van der Waals surface area contributed by atoms with Crippen LogP contribution in [0.2, 0.25) is 0 Å². The summed E-state index contributed by atoms with van der Waals surface area (Å²) in [5.74, 6) is -0.914. The van der Waals surface area contributed by atoms with Gasteiger partial charge in [-0.3, -0.25) is 4.79 Å². The van der Waals surface area contributed by atoms with E-state index in [1.807, 2.05) is 30.3 Å². The van der Waals surface area contributed by atoms with Crippen LogP contribution in [0.3, 0.4) is 0 Å². The molecular formula is C16H19NO5. The number of rotatable bonds is 5. The van der Waals surface area contributed by atoms with Crippen LogP contribution in [0.5, 0.6) is 0 Å². The van der Waals surface area contributed by atoms with Crippen molar-refractivity contribution in [2.24, 2.45) is 5.41 Å². The van der Waals surface area contributed by atoms with Crippen molar-refractivity contribution in [2.75, 3.05) is 6.54 Å². The van der Waals surface area contributed by atoms with Crippen molar-refractivity contribution in [3.8, 4) is 0 Å². The van der Waals surface area contributed by atoms with Crippen molar-refractivity contribution in [3.05, 3.63) is 35.9 Å². The average Bonchev–Trinajstić information content (AvgIpc) is 3.13. The quantitative estimate of drug-likeness (QED) is 0.868.